The molecule has 2 amide bonds. The van der Waals surface area contributed by atoms with E-state index < -0.39 is 0 Å². The summed E-state index contributed by atoms with van der Waals surface area (Å²) in [6.45, 7) is 8.61. The minimum atomic E-state index is -0.116. The van der Waals surface area contributed by atoms with E-state index in [9.17, 15) is 9.59 Å². The second-order valence-corrected chi connectivity index (χ2v) is 11.4. The Morgan fingerprint density at radius 1 is 0.550 bits per heavy atom. The molecule has 0 atom stereocenters. The molecule has 0 saturated heterocycles. The SMILES string of the molecule is CCCCCCCCCCCOc1cc(C(=O)NCCCCCCCC)ccc1C(=O)NCCCCCCCC. The van der Waals surface area contributed by atoms with Gasteiger partial charge in [0, 0.05) is 18.7 Å². The van der Waals surface area contributed by atoms with Gasteiger partial charge in [-0.25, -0.2) is 0 Å². The first-order valence-corrected chi connectivity index (χ1v) is 17.0. The van der Waals surface area contributed by atoms with Crippen molar-refractivity contribution in [2.24, 2.45) is 0 Å². The van der Waals surface area contributed by atoms with Gasteiger partial charge in [-0.2, -0.15) is 0 Å². The molecule has 40 heavy (non-hydrogen) atoms. The molecule has 0 radical (unpaired) electrons. The summed E-state index contributed by atoms with van der Waals surface area (Å²) in [7, 11) is 0. The van der Waals surface area contributed by atoms with Crippen molar-refractivity contribution >= 4 is 11.8 Å². The lowest BCUT2D eigenvalue weighted by Crippen LogP contribution is -2.26. The van der Waals surface area contributed by atoms with Gasteiger partial charge in [-0.05, 0) is 37.5 Å². The fourth-order valence-corrected chi connectivity index (χ4v) is 4.98. The Kier molecular flexibility index (Phi) is 23.3. The highest BCUT2D eigenvalue weighted by Crippen LogP contribution is 2.22. The highest BCUT2D eigenvalue weighted by Gasteiger charge is 2.16. The summed E-state index contributed by atoms with van der Waals surface area (Å²) in [5.41, 5.74) is 1.08. The van der Waals surface area contributed by atoms with Crippen LogP contribution >= 0.6 is 0 Å². The maximum Gasteiger partial charge on any atom is 0.255 e. The number of hydrogen-bond donors (Lipinski definition) is 2. The van der Waals surface area contributed by atoms with Gasteiger partial charge in [0.15, 0.2) is 0 Å². The lowest BCUT2D eigenvalue weighted by Gasteiger charge is -2.14. The molecule has 2 N–H and O–H groups in total. The first-order valence-electron chi connectivity index (χ1n) is 17.0. The van der Waals surface area contributed by atoms with Crippen molar-refractivity contribution in [2.45, 2.75) is 156 Å². The minimum absolute atomic E-state index is 0.0967. The molecular weight excluding hydrogens is 496 g/mol. The van der Waals surface area contributed by atoms with E-state index in [0.717, 1.165) is 38.5 Å². The maximum absolute atomic E-state index is 13.0. The number of unbranched alkanes of at least 4 members (excludes halogenated alkanes) is 18. The van der Waals surface area contributed by atoms with Gasteiger partial charge in [0.25, 0.3) is 11.8 Å². The van der Waals surface area contributed by atoms with Crippen LogP contribution in [0.1, 0.15) is 176 Å². The average molecular weight is 559 g/mol. The average Bonchev–Trinajstić information content (AvgIpc) is 2.96. The zero-order chi connectivity index (χ0) is 29.1. The normalized spacial score (nSPS) is 11.0. The van der Waals surface area contributed by atoms with E-state index in [-0.39, 0.29) is 11.8 Å². The summed E-state index contributed by atoms with van der Waals surface area (Å²) >= 11 is 0. The smallest absolute Gasteiger partial charge is 0.255 e. The van der Waals surface area contributed by atoms with Crippen molar-refractivity contribution in [1.29, 1.82) is 0 Å². The molecule has 230 valence electrons. The van der Waals surface area contributed by atoms with Crippen molar-refractivity contribution in [3.8, 4) is 5.75 Å². The van der Waals surface area contributed by atoms with Gasteiger partial charge in [-0.3, -0.25) is 9.59 Å². The summed E-state index contributed by atoms with van der Waals surface area (Å²) in [4.78, 5) is 25.8. The molecule has 5 nitrogen and oxygen atoms in total. The van der Waals surface area contributed by atoms with Gasteiger partial charge in [0.05, 0.1) is 12.2 Å². The van der Waals surface area contributed by atoms with Gasteiger partial charge in [-0.1, -0.05) is 136 Å². The van der Waals surface area contributed by atoms with E-state index >= 15 is 0 Å². The van der Waals surface area contributed by atoms with E-state index in [2.05, 4.69) is 31.4 Å². The van der Waals surface area contributed by atoms with E-state index in [4.69, 9.17) is 4.74 Å². The van der Waals surface area contributed by atoms with Crippen molar-refractivity contribution < 1.29 is 14.3 Å². The summed E-state index contributed by atoms with van der Waals surface area (Å²) in [6.07, 6.45) is 25.6. The van der Waals surface area contributed by atoms with E-state index in [1.165, 1.54) is 96.3 Å². The number of rotatable bonds is 27. The third-order valence-corrected chi connectivity index (χ3v) is 7.63. The predicted octanol–water partition coefficient (Wildman–Crippen LogP) is 9.78. The Hall–Kier alpha value is -2.04. The molecular formula is C35H62N2O3. The number of benzene rings is 1. The van der Waals surface area contributed by atoms with Crippen molar-refractivity contribution in [3.63, 3.8) is 0 Å². The Labute approximate surface area is 247 Å². The Morgan fingerprint density at radius 3 is 1.48 bits per heavy atom. The second-order valence-electron chi connectivity index (χ2n) is 11.4. The third kappa shape index (κ3) is 18.3. The molecule has 1 aromatic carbocycles. The fraction of sp³-hybridized carbons (Fsp3) is 0.771. The van der Waals surface area contributed by atoms with Crippen LogP contribution in [-0.4, -0.2) is 31.5 Å². The van der Waals surface area contributed by atoms with E-state index in [1.807, 2.05) is 0 Å². The monoisotopic (exact) mass is 558 g/mol. The zero-order valence-corrected chi connectivity index (χ0v) is 26.4. The van der Waals surface area contributed by atoms with Crippen LogP contribution in [0.3, 0.4) is 0 Å². The van der Waals surface area contributed by atoms with E-state index in [1.54, 1.807) is 18.2 Å². The molecule has 0 fully saturated rings. The molecule has 0 saturated carbocycles. The van der Waals surface area contributed by atoms with Crippen LogP contribution in [-0.2, 0) is 0 Å². The first-order chi connectivity index (χ1) is 19.6. The van der Waals surface area contributed by atoms with Gasteiger partial charge < -0.3 is 15.4 Å². The summed E-state index contributed by atoms with van der Waals surface area (Å²) in [6, 6.07) is 5.26. The lowest BCUT2D eigenvalue weighted by atomic mass is 10.1. The quantitative estimate of drug-likeness (QED) is 0.106. The van der Waals surface area contributed by atoms with Crippen molar-refractivity contribution in [2.75, 3.05) is 19.7 Å². The van der Waals surface area contributed by atoms with Crippen LogP contribution in [0.2, 0.25) is 0 Å². The number of ether oxygens (including phenoxy) is 1. The van der Waals surface area contributed by atoms with Crippen LogP contribution in [0.4, 0.5) is 0 Å². The molecule has 1 rings (SSSR count). The second kappa shape index (κ2) is 25.9. The van der Waals surface area contributed by atoms with Gasteiger partial charge >= 0.3 is 0 Å². The topological polar surface area (TPSA) is 67.4 Å². The summed E-state index contributed by atoms with van der Waals surface area (Å²) in [5.74, 6) is 0.308. The lowest BCUT2D eigenvalue weighted by molar-refractivity contribution is 0.0937. The number of amides is 2. The van der Waals surface area contributed by atoms with Crippen LogP contribution in [0, 0.1) is 0 Å². The summed E-state index contributed by atoms with van der Waals surface area (Å²) in [5, 5.41) is 6.10. The molecule has 0 heterocycles. The Morgan fingerprint density at radius 2 is 0.975 bits per heavy atom. The van der Waals surface area contributed by atoms with Crippen LogP contribution in [0.15, 0.2) is 18.2 Å². The molecule has 0 aliphatic carbocycles. The molecule has 0 unspecified atom stereocenters. The van der Waals surface area contributed by atoms with Gasteiger partial charge in [-0.15, -0.1) is 0 Å². The summed E-state index contributed by atoms with van der Waals surface area (Å²) < 4.78 is 6.12. The standard InChI is InChI=1S/C35H62N2O3/c1-4-7-10-13-16-17-18-21-24-29-40-33-30-31(34(38)36-27-22-19-14-11-8-5-2)25-26-32(33)35(39)37-28-23-20-15-12-9-6-3/h25-26,30H,4-24,27-29H2,1-3H3,(H,36,38)(H,37,39). The van der Waals surface area contributed by atoms with Gasteiger partial charge in [0.2, 0.25) is 0 Å². The number of hydrogen-bond acceptors (Lipinski definition) is 3. The highest BCUT2D eigenvalue weighted by molar-refractivity contribution is 6.00. The zero-order valence-electron chi connectivity index (χ0n) is 26.4. The van der Waals surface area contributed by atoms with Crippen LogP contribution < -0.4 is 15.4 Å². The van der Waals surface area contributed by atoms with Crippen molar-refractivity contribution in [3.05, 3.63) is 29.3 Å². The number of nitrogens with one attached hydrogen (secondary N) is 2. The third-order valence-electron chi connectivity index (χ3n) is 7.63. The number of carbonyl (C=O) groups is 2. The fourth-order valence-electron chi connectivity index (χ4n) is 4.98. The number of carbonyl (C=O) groups excluding carboxylic acids is 2. The predicted molar refractivity (Wildman–Crippen MR) is 171 cm³/mol. The Balaban J connectivity index is 2.58. The molecule has 0 spiro atoms. The first kappa shape index (κ1) is 36.0. The van der Waals surface area contributed by atoms with Gasteiger partial charge in [0.1, 0.15) is 5.75 Å². The highest BCUT2D eigenvalue weighted by atomic mass is 16.5. The largest absolute Gasteiger partial charge is 0.493 e. The molecule has 0 aliphatic rings. The van der Waals surface area contributed by atoms with Crippen LogP contribution in [0.5, 0.6) is 5.75 Å². The molecule has 0 aliphatic heterocycles. The molecule has 0 bridgehead atoms. The Bertz CT molecular complexity index is 765. The maximum atomic E-state index is 13.0. The molecule has 0 aromatic heterocycles. The minimum Gasteiger partial charge on any atom is -0.493 e. The van der Waals surface area contributed by atoms with Crippen LogP contribution in [0.25, 0.3) is 0 Å². The van der Waals surface area contributed by atoms with Crippen molar-refractivity contribution in [1.82, 2.24) is 10.6 Å². The molecule has 5 heteroatoms. The molecule has 1 aromatic rings. The van der Waals surface area contributed by atoms with E-state index in [0.29, 0.717) is 36.6 Å².